The van der Waals surface area contributed by atoms with E-state index >= 15 is 0 Å². The third kappa shape index (κ3) is 4.16. The van der Waals surface area contributed by atoms with Gasteiger partial charge in [0.15, 0.2) is 11.6 Å². The van der Waals surface area contributed by atoms with Crippen molar-refractivity contribution < 1.29 is 36.4 Å². The molecule has 1 N–H and O–H groups in total. The van der Waals surface area contributed by atoms with Crippen molar-refractivity contribution in [1.82, 2.24) is 0 Å². The molecule has 0 spiro atoms. The summed E-state index contributed by atoms with van der Waals surface area (Å²) in [5, 5.41) is 0. The minimum atomic E-state index is -4.24. The predicted octanol–water partition coefficient (Wildman–Crippen LogP) is 2.99. The molecule has 0 saturated carbocycles. The summed E-state index contributed by atoms with van der Waals surface area (Å²) in [6.45, 7) is 5.54. The number of ether oxygens (including phenoxy) is 3. The van der Waals surface area contributed by atoms with Crippen molar-refractivity contribution in [3.63, 3.8) is 0 Å². The molecule has 2 heterocycles. The van der Waals surface area contributed by atoms with Gasteiger partial charge in [0.25, 0.3) is 10.1 Å². The molecule has 0 aliphatic carbocycles. The summed E-state index contributed by atoms with van der Waals surface area (Å²) >= 11 is 0. The minimum Gasteiger partial charge on any atom is -0.481 e. The molecule has 0 aromatic heterocycles. The summed E-state index contributed by atoms with van der Waals surface area (Å²) in [6, 6.07) is 3.60. The van der Waals surface area contributed by atoms with E-state index in [0.29, 0.717) is 6.42 Å². The van der Waals surface area contributed by atoms with Gasteiger partial charge in [-0.05, 0) is 31.0 Å². The summed E-state index contributed by atoms with van der Waals surface area (Å²) in [6.07, 6.45) is 2.36. The second-order valence-corrected chi connectivity index (χ2v) is 9.91. The molecular formula is C19H25FO7S. The smallest absolute Gasteiger partial charge is 0.338 e. The Hall–Kier alpha value is -1.71. The molecule has 1 aromatic carbocycles. The highest BCUT2D eigenvalue weighted by Gasteiger charge is 2.60. The zero-order chi connectivity index (χ0) is 20.7. The Labute approximate surface area is 163 Å². The van der Waals surface area contributed by atoms with Crippen LogP contribution in [0.1, 0.15) is 50.4 Å². The van der Waals surface area contributed by atoms with Crippen molar-refractivity contribution in [3.8, 4) is 5.75 Å². The van der Waals surface area contributed by atoms with Crippen LogP contribution in [0.5, 0.6) is 5.75 Å². The lowest BCUT2D eigenvalue weighted by Gasteiger charge is -2.46. The van der Waals surface area contributed by atoms with E-state index in [9.17, 15) is 17.6 Å². The van der Waals surface area contributed by atoms with Crippen molar-refractivity contribution in [2.75, 3.05) is 12.4 Å². The first-order valence-corrected chi connectivity index (χ1v) is 10.8. The number of halogens is 1. The third-order valence-electron chi connectivity index (χ3n) is 5.46. The molecule has 156 valence electrons. The maximum absolute atomic E-state index is 14.5. The maximum Gasteiger partial charge on any atom is 0.338 e. The summed E-state index contributed by atoms with van der Waals surface area (Å²) in [5.41, 5.74) is -1.02. The van der Waals surface area contributed by atoms with E-state index < -0.39 is 39.9 Å². The Morgan fingerprint density at radius 2 is 2.07 bits per heavy atom. The number of fused-ring (bicyclic) bond motifs is 2. The first kappa shape index (κ1) is 21.0. The summed E-state index contributed by atoms with van der Waals surface area (Å²) in [7, 11) is -4.24. The highest BCUT2D eigenvalue weighted by atomic mass is 32.2. The molecule has 2 saturated heterocycles. The number of rotatable bonds is 6. The van der Waals surface area contributed by atoms with E-state index in [1.165, 1.54) is 12.1 Å². The van der Waals surface area contributed by atoms with Crippen LogP contribution in [0.4, 0.5) is 4.39 Å². The lowest BCUT2D eigenvalue weighted by molar-refractivity contribution is -0.0837. The quantitative estimate of drug-likeness (QED) is 0.562. The number of carbonyl (C=O) groups excluding carboxylic acids is 1. The van der Waals surface area contributed by atoms with Crippen molar-refractivity contribution >= 4 is 16.1 Å². The fraction of sp³-hybridized carbons (Fsp3) is 0.632. The van der Waals surface area contributed by atoms with E-state index in [2.05, 4.69) is 0 Å². The predicted molar refractivity (Wildman–Crippen MR) is 98.4 cm³/mol. The zero-order valence-electron chi connectivity index (χ0n) is 16.1. The topological polar surface area (TPSA) is 99.1 Å². The van der Waals surface area contributed by atoms with Crippen LogP contribution in [0.25, 0.3) is 0 Å². The van der Waals surface area contributed by atoms with Crippen molar-refractivity contribution in [3.05, 3.63) is 29.6 Å². The first-order valence-electron chi connectivity index (χ1n) is 9.18. The van der Waals surface area contributed by atoms with Gasteiger partial charge in [0.05, 0.1) is 17.8 Å². The largest absolute Gasteiger partial charge is 0.481 e. The van der Waals surface area contributed by atoms with E-state index in [-0.39, 0.29) is 28.9 Å². The van der Waals surface area contributed by atoms with Gasteiger partial charge < -0.3 is 14.2 Å². The summed E-state index contributed by atoms with van der Waals surface area (Å²) < 4.78 is 61.6. The summed E-state index contributed by atoms with van der Waals surface area (Å²) in [4.78, 5) is 12.1. The van der Waals surface area contributed by atoms with Gasteiger partial charge in [-0.1, -0.05) is 20.8 Å². The number of benzene rings is 1. The molecule has 2 bridgehead atoms. The molecule has 3 rings (SSSR count). The van der Waals surface area contributed by atoms with E-state index in [0.717, 1.165) is 18.9 Å². The second-order valence-electron chi connectivity index (χ2n) is 8.34. The molecule has 3 unspecified atom stereocenters. The number of esters is 1. The highest BCUT2D eigenvalue weighted by Crippen LogP contribution is 2.53. The Kier molecular flexibility index (Phi) is 5.46. The normalized spacial score (nSPS) is 27.0. The Bertz CT molecular complexity index is 862. The van der Waals surface area contributed by atoms with Crippen LogP contribution in [0, 0.1) is 11.2 Å². The van der Waals surface area contributed by atoms with Crippen LogP contribution in [0.2, 0.25) is 0 Å². The molecule has 9 heteroatoms. The molecule has 2 aliphatic rings. The van der Waals surface area contributed by atoms with Gasteiger partial charge in [0.2, 0.25) is 0 Å². The van der Waals surface area contributed by atoms with Gasteiger partial charge in [-0.2, -0.15) is 8.42 Å². The average molecular weight is 416 g/mol. The average Bonchev–Trinajstić information content (AvgIpc) is 3.16. The standard InChI is InChI=1S/C19H25FO7S/c1-18(2,3)19(11-13-5-7-16(19)26-13)27-15-10-12(4-6-14(15)20)17(21)25-8-9-28(22,23)24/h4,6,10,13,16H,5,7-9,11H2,1-3H3,(H,22,23,24). The van der Waals surface area contributed by atoms with E-state index in [1.807, 2.05) is 20.8 Å². The van der Waals surface area contributed by atoms with Crippen LogP contribution >= 0.6 is 0 Å². The van der Waals surface area contributed by atoms with Gasteiger partial charge in [-0.15, -0.1) is 0 Å². The third-order valence-corrected chi connectivity index (χ3v) is 6.14. The molecule has 0 radical (unpaired) electrons. The first-order chi connectivity index (χ1) is 12.9. The van der Waals surface area contributed by atoms with E-state index in [4.69, 9.17) is 18.8 Å². The van der Waals surface area contributed by atoms with Crippen molar-refractivity contribution in [1.29, 1.82) is 0 Å². The van der Waals surface area contributed by atoms with Gasteiger partial charge in [-0.25, -0.2) is 9.18 Å². The van der Waals surface area contributed by atoms with E-state index in [1.54, 1.807) is 0 Å². The maximum atomic E-state index is 14.5. The van der Waals surface area contributed by atoms with Crippen LogP contribution in [0.3, 0.4) is 0 Å². The molecule has 7 nitrogen and oxygen atoms in total. The van der Waals surface area contributed by atoms with Crippen LogP contribution in [-0.2, 0) is 19.6 Å². The number of hydrogen-bond acceptors (Lipinski definition) is 6. The number of carbonyl (C=O) groups is 1. The molecule has 28 heavy (non-hydrogen) atoms. The minimum absolute atomic E-state index is 0.0277. The SMILES string of the molecule is CC(C)(C)C1(Oc2cc(C(=O)OCCS(=O)(=O)O)ccc2F)CC2CCC1O2. The fourth-order valence-corrected chi connectivity index (χ4v) is 4.24. The van der Waals surface area contributed by atoms with Gasteiger partial charge in [-0.3, -0.25) is 4.55 Å². The second kappa shape index (κ2) is 7.27. The Morgan fingerprint density at radius 3 is 2.61 bits per heavy atom. The van der Waals surface area contributed by atoms with Crippen LogP contribution < -0.4 is 4.74 Å². The molecular weight excluding hydrogens is 391 g/mol. The van der Waals surface area contributed by atoms with Gasteiger partial charge in [0, 0.05) is 11.8 Å². The Balaban J connectivity index is 1.80. The molecule has 0 amide bonds. The van der Waals surface area contributed by atoms with Crippen LogP contribution in [-0.4, -0.2) is 49.1 Å². The Morgan fingerprint density at radius 1 is 1.36 bits per heavy atom. The van der Waals surface area contributed by atoms with Crippen LogP contribution in [0.15, 0.2) is 18.2 Å². The van der Waals surface area contributed by atoms with Crippen molar-refractivity contribution in [2.45, 2.75) is 57.8 Å². The molecule has 2 fully saturated rings. The highest BCUT2D eigenvalue weighted by molar-refractivity contribution is 7.85. The molecule has 2 aliphatic heterocycles. The lowest BCUT2D eigenvalue weighted by Crippen LogP contribution is -2.55. The van der Waals surface area contributed by atoms with Crippen molar-refractivity contribution in [2.24, 2.45) is 5.41 Å². The molecule has 1 aromatic rings. The van der Waals surface area contributed by atoms with Gasteiger partial charge >= 0.3 is 5.97 Å². The molecule has 3 atom stereocenters. The zero-order valence-corrected chi connectivity index (χ0v) is 16.9. The lowest BCUT2D eigenvalue weighted by atomic mass is 9.68. The fourth-order valence-electron chi connectivity index (χ4n) is 3.95. The monoisotopic (exact) mass is 416 g/mol. The summed E-state index contributed by atoms with van der Waals surface area (Å²) in [5.74, 6) is -2.23. The number of hydrogen-bond donors (Lipinski definition) is 1. The van der Waals surface area contributed by atoms with Gasteiger partial charge in [0.1, 0.15) is 18.0 Å².